The molecule has 1 saturated heterocycles. The van der Waals surface area contributed by atoms with Gasteiger partial charge >= 0.3 is 0 Å². The topological polar surface area (TPSA) is 92.5 Å². The van der Waals surface area contributed by atoms with Crippen LogP contribution in [0.4, 0.5) is 11.5 Å². The van der Waals surface area contributed by atoms with Crippen LogP contribution >= 0.6 is 0 Å². The molecule has 0 unspecified atom stereocenters. The molecule has 1 aromatic heterocycles. The van der Waals surface area contributed by atoms with E-state index >= 15 is 0 Å². The molecule has 2 aliphatic rings. The van der Waals surface area contributed by atoms with Gasteiger partial charge in [-0.2, -0.15) is 0 Å². The molecule has 1 amide bonds. The van der Waals surface area contributed by atoms with Crippen LogP contribution in [0.15, 0.2) is 54.6 Å². The maximum Gasteiger partial charge on any atom is 0.270 e. The van der Waals surface area contributed by atoms with Gasteiger partial charge in [-0.05, 0) is 18.9 Å². The number of anilines is 1. The van der Waals surface area contributed by atoms with Gasteiger partial charge in [0.25, 0.3) is 11.6 Å². The summed E-state index contributed by atoms with van der Waals surface area (Å²) in [6, 6.07) is 15.9. The predicted molar refractivity (Wildman–Crippen MR) is 120 cm³/mol. The van der Waals surface area contributed by atoms with E-state index in [1.54, 1.807) is 17.0 Å². The van der Waals surface area contributed by atoms with Crippen LogP contribution in [0.1, 0.15) is 34.5 Å². The molecule has 3 aromatic rings. The number of fused-ring (bicyclic) bond motifs is 1. The molecule has 2 aliphatic heterocycles. The van der Waals surface area contributed by atoms with E-state index in [0.717, 1.165) is 48.6 Å². The normalized spacial score (nSPS) is 15.5. The van der Waals surface area contributed by atoms with Crippen LogP contribution in [-0.4, -0.2) is 45.3 Å². The summed E-state index contributed by atoms with van der Waals surface area (Å²) >= 11 is 0. The molecule has 0 saturated carbocycles. The van der Waals surface area contributed by atoms with Crippen molar-refractivity contribution in [2.24, 2.45) is 0 Å². The third-order valence-corrected chi connectivity index (χ3v) is 6.07. The van der Waals surface area contributed by atoms with E-state index in [1.807, 2.05) is 30.3 Å². The minimum Gasteiger partial charge on any atom is -0.356 e. The zero-order valence-electron chi connectivity index (χ0n) is 17.6. The van der Waals surface area contributed by atoms with E-state index in [2.05, 4.69) is 4.90 Å². The van der Waals surface area contributed by atoms with Crippen molar-refractivity contribution in [3.05, 3.63) is 81.5 Å². The molecule has 8 heteroatoms. The molecule has 162 valence electrons. The molecule has 0 radical (unpaired) electrons. The van der Waals surface area contributed by atoms with Crippen molar-refractivity contribution < 1.29 is 9.72 Å². The number of nitro benzene ring substituents is 1. The molecule has 3 heterocycles. The lowest BCUT2D eigenvalue weighted by atomic mass is 10.0. The van der Waals surface area contributed by atoms with Crippen LogP contribution in [0, 0.1) is 10.1 Å². The number of nitrogens with zero attached hydrogens (tertiary/aromatic N) is 5. The van der Waals surface area contributed by atoms with Crippen LogP contribution < -0.4 is 4.90 Å². The smallest absolute Gasteiger partial charge is 0.270 e. The van der Waals surface area contributed by atoms with E-state index in [0.29, 0.717) is 30.9 Å². The van der Waals surface area contributed by atoms with E-state index in [9.17, 15) is 14.9 Å². The second kappa shape index (κ2) is 8.37. The molecule has 0 aliphatic carbocycles. The first-order chi connectivity index (χ1) is 15.6. The maximum atomic E-state index is 13.2. The molecule has 1 fully saturated rings. The van der Waals surface area contributed by atoms with Gasteiger partial charge in [-0.15, -0.1) is 0 Å². The highest BCUT2D eigenvalue weighted by Crippen LogP contribution is 2.32. The van der Waals surface area contributed by atoms with Gasteiger partial charge < -0.3 is 9.80 Å². The highest BCUT2D eigenvalue weighted by molar-refractivity contribution is 5.95. The summed E-state index contributed by atoms with van der Waals surface area (Å²) in [6.07, 6.45) is 2.87. The van der Waals surface area contributed by atoms with Crippen LogP contribution in [-0.2, 0) is 13.0 Å². The average molecular weight is 429 g/mol. The number of carbonyl (C=O) groups is 1. The van der Waals surface area contributed by atoms with E-state index in [4.69, 9.17) is 9.97 Å². The fourth-order valence-electron chi connectivity index (χ4n) is 4.41. The van der Waals surface area contributed by atoms with Crippen molar-refractivity contribution in [3.63, 3.8) is 0 Å². The van der Waals surface area contributed by atoms with Crippen molar-refractivity contribution in [3.8, 4) is 11.4 Å². The first kappa shape index (κ1) is 20.1. The first-order valence-electron chi connectivity index (χ1n) is 10.8. The van der Waals surface area contributed by atoms with Gasteiger partial charge in [-0.25, -0.2) is 9.97 Å². The fraction of sp³-hybridized carbons (Fsp3) is 0.292. The van der Waals surface area contributed by atoms with Gasteiger partial charge in [-0.1, -0.05) is 36.4 Å². The zero-order valence-corrected chi connectivity index (χ0v) is 17.6. The third kappa shape index (κ3) is 3.79. The zero-order chi connectivity index (χ0) is 22.1. The van der Waals surface area contributed by atoms with Crippen LogP contribution in [0.5, 0.6) is 0 Å². The lowest BCUT2D eigenvalue weighted by Gasteiger charge is -2.32. The second-order valence-electron chi connectivity index (χ2n) is 8.14. The number of amides is 1. The number of hydrogen-bond donors (Lipinski definition) is 0. The number of hydrogen-bond acceptors (Lipinski definition) is 6. The molecule has 5 rings (SSSR count). The van der Waals surface area contributed by atoms with Crippen molar-refractivity contribution >= 4 is 17.4 Å². The minimum atomic E-state index is -0.479. The van der Waals surface area contributed by atoms with Crippen LogP contribution in [0.25, 0.3) is 11.4 Å². The number of rotatable bonds is 4. The Morgan fingerprint density at radius 3 is 2.50 bits per heavy atom. The molecule has 0 spiro atoms. The largest absolute Gasteiger partial charge is 0.356 e. The van der Waals surface area contributed by atoms with Gasteiger partial charge in [0.1, 0.15) is 5.82 Å². The van der Waals surface area contributed by atoms with Crippen molar-refractivity contribution in [1.82, 2.24) is 14.9 Å². The summed E-state index contributed by atoms with van der Waals surface area (Å²) in [5.41, 5.74) is 3.18. The molecular formula is C24H23N5O3. The van der Waals surface area contributed by atoms with Gasteiger partial charge in [-0.3, -0.25) is 14.9 Å². The Morgan fingerprint density at radius 2 is 1.75 bits per heavy atom. The Kier molecular flexibility index (Phi) is 5.26. The number of benzene rings is 2. The molecule has 0 bridgehead atoms. The van der Waals surface area contributed by atoms with E-state index in [-0.39, 0.29) is 11.6 Å². The van der Waals surface area contributed by atoms with Gasteiger partial charge in [0, 0.05) is 54.9 Å². The molecular weight excluding hydrogens is 406 g/mol. The third-order valence-electron chi connectivity index (χ3n) is 6.07. The Labute approximate surface area is 185 Å². The molecule has 32 heavy (non-hydrogen) atoms. The van der Waals surface area contributed by atoms with E-state index in [1.165, 1.54) is 12.1 Å². The summed E-state index contributed by atoms with van der Waals surface area (Å²) in [4.78, 5) is 37.6. The molecule has 0 N–H and O–H groups in total. The highest BCUT2D eigenvalue weighted by Gasteiger charge is 2.29. The minimum absolute atomic E-state index is 0.0816. The summed E-state index contributed by atoms with van der Waals surface area (Å²) in [5, 5.41) is 11.1. The first-order valence-corrected chi connectivity index (χ1v) is 10.8. The number of carbonyl (C=O) groups excluding carboxylic acids is 1. The van der Waals surface area contributed by atoms with Gasteiger partial charge in [0.2, 0.25) is 0 Å². The second-order valence-corrected chi connectivity index (χ2v) is 8.14. The summed E-state index contributed by atoms with van der Waals surface area (Å²) in [7, 11) is 0. The standard InChI is InChI=1S/C24H23N5O3/c30-24(18-9-6-10-19(15-18)29(31)32)28-14-11-21-20(16-28)23(27-12-4-5-13-27)26-22(25-21)17-7-2-1-3-8-17/h1-3,6-10,15H,4-5,11-14,16H2. The fourth-order valence-corrected chi connectivity index (χ4v) is 4.41. The maximum absolute atomic E-state index is 13.2. The summed E-state index contributed by atoms with van der Waals surface area (Å²) in [5.74, 6) is 1.41. The monoisotopic (exact) mass is 429 g/mol. The SMILES string of the molecule is O=C(c1cccc([N+](=O)[O-])c1)N1CCc2nc(-c3ccccc3)nc(N3CCCC3)c2C1. The van der Waals surface area contributed by atoms with Crippen LogP contribution in [0.2, 0.25) is 0 Å². The lowest BCUT2D eigenvalue weighted by Crippen LogP contribution is -2.38. The summed E-state index contributed by atoms with van der Waals surface area (Å²) in [6.45, 7) is 2.80. The Hall–Kier alpha value is -3.81. The van der Waals surface area contributed by atoms with Crippen molar-refractivity contribution in [1.29, 1.82) is 0 Å². The van der Waals surface area contributed by atoms with Crippen LogP contribution in [0.3, 0.4) is 0 Å². The Balaban J connectivity index is 1.50. The van der Waals surface area contributed by atoms with Gasteiger partial charge in [0.15, 0.2) is 5.82 Å². The molecule has 2 aromatic carbocycles. The molecule has 8 nitrogen and oxygen atoms in total. The quantitative estimate of drug-likeness (QED) is 0.462. The number of nitro groups is 1. The number of non-ortho nitro benzene ring substituents is 1. The van der Waals surface area contributed by atoms with E-state index < -0.39 is 4.92 Å². The van der Waals surface area contributed by atoms with Crippen molar-refractivity contribution in [2.45, 2.75) is 25.8 Å². The number of aromatic nitrogens is 2. The highest BCUT2D eigenvalue weighted by atomic mass is 16.6. The Bertz CT molecular complexity index is 1180. The molecule has 0 atom stereocenters. The van der Waals surface area contributed by atoms with Crippen molar-refractivity contribution in [2.75, 3.05) is 24.5 Å². The lowest BCUT2D eigenvalue weighted by molar-refractivity contribution is -0.384. The summed E-state index contributed by atoms with van der Waals surface area (Å²) < 4.78 is 0. The van der Waals surface area contributed by atoms with Gasteiger partial charge in [0.05, 0.1) is 17.2 Å². The predicted octanol–water partition coefficient (Wildman–Crippen LogP) is 3.85. The average Bonchev–Trinajstić information content (AvgIpc) is 3.38. The Morgan fingerprint density at radius 1 is 0.969 bits per heavy atom.